The van der Waals surface area contributed by atoms with Crippen LogP contribution in [0.2, 0.25) is 0 Å². The van der Waals surface area contributed by atoms with Crippen LogP contribution in [0.5, 0.6) is 0 Å². The van der Waals surface area contributed by atoms with Gasteiger partial charge in [0.1, 0.15) is 11.9 Å². The highest BCUT2D eigenvalue weighted by Crippen LogP contribution is 2.23. The van der Waals surface area contributed by atoms with Crippen molar-refractivity contribution in [2.75, 3.05) is 25.0 Å². The van der Waals surface area contributed by atoms with Crippen LogP contribution in [0, 0.1) is 5.82 Å². The average molecular weight is 366 g/mol. The van der Waals surface area contributed by atoms with E-state index < -0.39 is 0 Å². The molecular weight excluding hydrogens is 347 g/mol. The van der Waals surface area contributed by atoms with Crippen molar-refractivity contribution in [3.8, 4) is 0 Å². The Labute approximate surface area is 156 Å². The molecule has 1 atom stereocenters. The van der Waals surface area contributed by atoms with Crippen LogP contribution in [0.3, 0.4) is 0 Å². The number of halogens is 1. The first-order valence-corrected chi connectivity index (χ1v) is 8.71. The van der Waals surface area contributed by atoms with E-state index in [4.69, 9.17) is 4.74 Å². The predicted molar refractivity (Wildman–Crippen MR) is 97.7 cm³/mol. The molecule has 8 heteroatoms. The number of aromatic nitrogens is 4. The molecule has 1 aliphatic heterocycles. The van der Waals surface area contributed by atoms with Gasteiger partial charge in [-0.1, -0.05) is 18.2 Å². The van der Waals surface area contributed by atoms with Crippen molar-refractivity contribution >= 4 is 11.8 Å². The van der Waals surface area contributed by atoms with Crippen molar-refractivity contribution in [1.82, 2.24) is 24.8 Å². The van der Waals surface area contributed by atoms with Gasteiger partial charge in [0.25, 0.3) is 0 Å². The molecule has 1 aromatic carbocycles. The van der Waals surface area contributed by atoms with E-state index in [0.717, 1.165) is 6.54 Å². The number of nitrogens with zero attached hydrogens (tertiary/aromatic N) is 5. The third-order valence-electron chi connectivity index (χ3n) is 4.29. The molecule has 0 amide bonds. The molecule has 0 saturated carbocycles. The highest BCUT2D eigenvalue weighted by Gasteiger charge is 2.24. The van der Waals surface area contributed by atoms with E-state index in [0.29, 0.717) is 42.7 Å². The van der Waals surface area contributed by atoms with Gasteiger partial charge in [-0.15, -0.1) is 0 Å². The van der Waals surface area contributed by atoms with Crippen molar-refractivity contribution in [3.63, 3.8) is 0 Å². The second-order valence-corrected chi connectivity index (χ2v) is 6.21. The van der Waals surface area contributed by atoms with Crippen molar-refractivity contribution in [3.05, 3.63) is 72.2 Å². The predicted octanol–water partition coefficient (Wildman–Crippen LogP) is 2.72. The number of hydrogen-bond acceptors (Lipinski definition) is 7. The summed E-state index contributed by atoms with van der Waals surface area (Å²) in [6, 6.07) is 8.59. The smallest absolute Gasteiger partial charge is 0.228 e. The molecule has 0 aliphatic carbocycles. The molecule has 2 aromatic heterocycles. The maximum Gasteiger partial charge on any atom is 0.228 e. The van der Waals surface area contributed by atoms with E-state index in [1.54, 1.807) is 36.9 Å². The van der Waals surface area contributed by atoms with Crippen LogP contribution in [0.1, 0.15) is 17.4 Å². The lowest BCUT2D eigenvalue weighted by molar-refractivity contribution is -0.0353. The van der Waals surface area contributed by atoms with Crippen molar-refractivity contribution < 1.29 is 9.13 Å². The fourth-order valence-corrected chi connectivity index (χ4v) is 2.97. The Kier molecular flexibility index (Phi) is 5.27. The molecule has 3 heterocycles. The maximum atomic E-state index is 13.9. The molecule has 3 aromatic rings. The first-order valence-electron chi connectivity index (χ1n) is 8.71. The molecule has 1 aliphatic rings. The minimum absolute atomic E-state index is 0.186. The zero-order valence-electron chi connectivity index (χ0n) is 14.6. The Hall–Kier alpha value is -2.97. The fourth-order valence-electron chi connectivity index (χ4n) is 2.97. The van der Waals surface area contributed by atoms with Crippen molar-refractivity contribution in [2.24, 2.45) is 0 Å². The van der Waals surface area contributed by atoms with E-state index in [2.05, 4.69) is 30.2 Å². The second kappa shape index (κ2) is 8.15. The van der Waals surface area contributed by atoms with Gasteiger partial charge in [0.05, 0.1) is 24.7 Å². The number of benzene rings is 1. The van der Waals surface area contributed by atoms with Gasteiger partial charge in [-0.25, -0.2) is 19.3 Å². The number of morpholine rings is 1. The van der Waals surface area contributed by atoms with Gasteiger partial charge >= 0.3 is 0 Å². The average Bonchev–Trinajstić information content (AvgIpc) is 2.71. The summed E-state index contributed by atoms with van der Waals surface area (Å²) in [7, 11) is 0. The topological polar surface area (TPSA) is 76.1 Å². The van der Waals surface area contributed by atoms with Gasteiger partial charge < -0.3 is 10.1 Å². The highest BCUT2D eigenvalue weighted by molar-refractivity contribution is 5.45. The molecule has 0 radical (unpaired) electrons. The van der Waals surface area contributed by atoms with Crippen LogP contribution in [-0.4, -0.2) is 44.5 Å². The van der Waals surface area contributed by atoms with Crippen LogP contribution in [0.4, 0.5) is 16.2 Å². The lowest BCUT2D eigenvalue weighted by Crippen LogP contribution is -2.38. The summed E-state index contributed by atoms with van der Waals surface area (Å²) in [5, 5.41) is 3.03. The summed E-state index contributed by atoms with van der Waals surface area (Å²) < 4.78 is 19.8. The molecular formula is C19H19FN6O. The number of hydrogen-bond donors (Lipinski definition) is 1. The zero-order valence-corrected chi connectivity index (χ0v) is 14.6. The summed E-state index contributed by atoms with van der Waals surface area (Å²) >= 11 is 0. The summed E-state index contributed by atoms with van der Waals surface area (Å²) in [5.74, 6) is 0.817. The molecule has 1 fully saturated rings. The third kappa shape index (κ3) is 4.42. The maximum absolute atomic E-state index is 13.9. The molecule has 0 bridgehead atoms. The van der Waals surface area contributed by atoms with Gasteiger partial charge in [-0.05, 0) is 12.1 Å². The Morgan fingerprint density at radius 1 is 1.15 bits per heavy atom. The van der Waals surface area contributed by atoms with Gasteiger partial charge in [-0.3, -0.25) is 9.88 Å². The normalized spacial score (nSPS) is 17.6. The SMILES string of the molecule is Fc1ccccc1CN1CCO[C@H](c2cncc(Nc3ncccn3)n2)C1. The van der Waals surface area contributed by atoms with Gasteiger partial charge in [0.2, 0.25) is 5.95 Å². The molecule has 27 heavy (non-hydrogen) atoms. The summed E-state index contributed by atoms with van der Waals surface area (Å²) in [6.07, 6.45) is 6.37. The Bertz CT molecular complexity index is 894. The zero-order chi connectivity index (χ0) is 18.5. The second-order valence-electron chi connectivity index (χ2n) is 6.21. The number of ether oxygens (including phenoxy) is 1. The lowest BCUT2D eigenvalue weighted by atomic mass is 10.1. The molecule has 4 rings (SSSR count). The number of rotatable bonds is 5. The van der Waals surface area contributed by atoms with E-state index in [1.165, 1.54) is 6.07 Å². The van der Waals surface area contributed by atoms with Crippen LogP contribution >= 0.6 is 0 Å². The molecule has 7 nitrogen and oxygen atoms in total. The minimum atomic E-state index is -0.225. The minimum Gasteiger partial charge on any atom is -0.369 e. The number of anilines is 2. The standard InChI is InChI=1S/C19H19FN6O/c20-15-5-2-1-4-14(15)12-26-8-9-27-17(13-26)16-10-21-11-18(24-16)25-19-22-6-3-7-23-19/h1-7,10-11,17H,8-9,12-13H2,(H,22,23,24,25)/t17-/m0/s1. The Balaban J connectivity index is 1.45. The van der Waals surface area contributed by atoms with Gasteiger partial charge in [0, 0.05) is 37.6 Å². The molecule has 1 N–H and O–H groups in total. The monoisotopic (exact) mass is 366 g/mol. The van der Waals surface area contributed by atoms with Crippen molar-refractivity contribution in [2.45, 2.75) is 12.6 Å². The van der Waals surface area contributed by atoms with Gasteiger partial charge in [-0.2, -0.15) is 0 Å². The highest BCUT2D eigenvalue weighted by atomic mass is 19.1. The summed E-state index contributed by atoms with van der Waals surface area (Å²) in [4.78, 5) is 19.2. The van der Waals surface area contributed by atoms with E-state index in [1.807, 2.05) is 12.1 Å². The molecule has 138 valence electrons. The first kappa shape index (κ1) is 17.4. The number of nitrogens with one attached hydrogen (secondary N) is 1. The third-order valence-corrected chi connectivity index (χ3v) is 4.29. The molecule has 0 spiro atoms. The van der Waals surface area contributed by atoms with Crippen molar-refractivity contribution in [1.29, 1.82) is 0 Å². The molecule has 0 unspecified atom stereocenters. The van der Waals surface area contributed by atoms with E-state index in [9.17, 15) is 4.39 Å². The quantitative estimate of drug-likeness (QED) is 0.744. The molecule has 1 saturated heterocycles. The fraction of sp³-hybridized carbons (Fsp3) is 0.263. The Morgan fingerprint density at radius 2 is 2.00 bits per heavy atom. The van der Waals surface area contributed by atoms with Crippen LogP contribution in [0.25, 0.3) is 0 Å². The van der Waals surface area contributed by atoms with Crippen LogP contribution in [0.15, 0.2) is 55.1 Å². The van der Waals surface area contributed by atoms with Gasteiger partial charge in [0.15, 0.2) is 5.82 Å². The van der Waals surface area contributed by atoms with Crippen LogP contribution < -0.4 is 5.32 Å². The van der Waals surface area contributed by atoms with E-state index >= 15 is 0 Å². The Morgan fingerprint density at radius 3 is 2.85 bits per heavy atom. The van der Waals surface area contributed by atoms with E-state index in [-0.39, 0.29) is 11.9 Å². The first-order chi connectivity index (χ1) is 13.3. The largest absolute Gasteiger partial charge is 0.369 e. The van der Waals surface area contributed by atoms with Crippen LogP contribution in [-0.2, 0) is 11.3 Å². The summed E-state index contributed by atoms with van der Waals surface area (Å²) in [5.41, 5.74) is 1.40. The lowest BCUT2D eigenvalue weighted by Gasteiger charge is -2.32. The summed E-state index contributed by atoms with van der Waals surface area (Å²) in [6.45, 7) is 2.46.